The third kappa shape index (κ3) is 4.47. The molecule has 3 heteroatoms. The van der Waals surface area contributed by atoms with Crippen molar-refractivity contribution in [1.29, 1.82) is 0 Å². The zero-order valence-corrected chi connectivity index (χ0v) is 11.1. The summed E-state index contributed by atoms with van der Waals surface area (Å²) in [5.74, 6) is 0. The quantitative estimate of drug-likeness (QED) is 0.828. The Hall–Kier alpha value is -1.51. The molecule has 0 aromatic heterocycles. The molecule has 0 saturated carbocycles. The second kappa shape index (κ2) is 5.71. The van der Waals surface area contributed by atoms with E-state index in [9.17, 15) is 4.79 Å². The van der Waals surface area contributed by atoms with Gasteiger partial charge in [-0.05, 0) is 23.0 Å². The van der Waals surface area contributed by atoms with Crippen LogP contribution in [-0.2, 0) is 11.8 Å². The number of nitrogens with one attached hydrogen (secondary N) is 2. The van der Waals surface area contributed by atoms with E-state index in [1.807, 2.05) is 0 Å². The summed E-state index contributed by atoms with van der Waals surface area (Å²) in [6.07, 6.45) is 0.859. The summed E-state index contributed by atoms with van der Waals surface area (Å²) in [6, 6.07) is 8.46. The second-order valence-corrected chi connectivity index (χ2v) is 5.20. The van der Waals surface area contributed by atoms with Crippen LogP contribution in [0, 0.1) is 0 Å². The molecule has 17 heavy (non-hydrogen) atoms. The van der Waals surface area contributed by atoms with Crippen LogP contribution in [0.15, 0.2) is 24.3 Å². The first-order valence-electron chi connectivity index (χ1n) is 5.98. The van der Waals surface area contributed by atoms with E-state index in [2.05, 4.69) is 55.7 Å². The van der Waals surface area contributed by atoms with Crippen molar-refractivity contribution in [2.45, 2.75) is 32.6 Å². The molecule has 1 rings (SSSR count). The van der Waals surface area contributed by atoms with Crippen molar-refractivity contribution < 1.29 is 4.79 Å². The molecule has 1 aromatic carbocycles. The predicted molar refractivity (Wildman–Crippen MR) is 71.3 cm³/mol. The normalized spacial score (nSPS) is 11.1. The van der Waals surface area contributed by atoms with Crippen molar-refractivity contribution >= 4 is 6.03 Å². The fourth-order valence-corrected chi connectivity index (χ4v) is 1.58. The Morgan fingerprint density at radius 2 is 1.76 bits per heavy atom. The van der Waals surface area contributed by atoms with Gasteiger partial charge in [-0.25, -0.2) is 4.79 Å². The van der Waals surface area contributed by atoms with E-state index in [0.29, 0.717) is 6.54 Å². The smallest absolute Gasteiger partial charge is 0.314 e. The van der Waals surface area contributed by atoms with Crippen LogP contribution in [0.3, 0.4) is 0 Å². The summed E-state index contributed by atoms with van der Waals surface area (Å²) in [4.78, 5) is 11.0. The molecule has 0 radical (unpaired) electrons. The van der Waals surface area contributed by atoms with E-state index in [-0.39, 0.29) is 11.4 Å². The van der Waals surface area contributed by atoms with Crippen LogP contribution < -0.4 is 10.6 Å². The zero-order valence-electron chi connectivity index (χ0n) is 11.1. The third-order valence-corrected chi connectivity index (χ3v) is 2.75. The maximum Gasteiger partial charge on any atom is 0.314 e. The standard InChI is InChI=1S/C14H22N2O/c1-14(2,3)12-7-5-11(6-8-12)9-10-16-13(17)15-4/h5-8H,9-10H2,1-4H3,(H2,15,16,17). The Kier molecular flexibility index (Phi) is 4.55. The topological polar surface area (TPSA) is 41.1 Å². The molecule has 0 fully saturated rings. The highest BCUT2D eigenvalue weighted by atomic mass is 16.2. The first-order chi connectivity index (χ1) is 7.93. The van der Waals surface area contributed by atoms with E-state index >= 15 is 0 Å². The van der Waals surface area contributed by atoms with E-state index in [1.54, 1.807) is 7.05 Å². The highest BCUT2D eigenvalue weighted by Gasteiger charge is 2.12. The van der Waals surface area contributed by atoms with Crippen LogP contribution in [0.4, 0.5) is 4.79 Å². The molecule has 0 aliphatic heterocycles. The molecule has 94 valence electrons. The van der Waals surface area contributed by atoms with Crippen molar-refractivity contribution in [3.63, 3.8) is 0 Å². The summed E-state index contributed by atoms with van der Waals surface area (Å²) in [5, 5.41) is 5.31. The van der Waals surface area contributed by atoms with Crippen molar-refractivity contribution in [2.24, 2.45) is 0 Å². The van der Waals surface area contributed by atoms with Gasteiger partial charge in [0.25, 0.3) is 0 Å². The van der Waals surface area contributed by atoms with Crippen LogP contribution in [-0.4, -0.2) is 19.6 Å². The molecule has 0 aliphatic rings. The van der Waals surface area contributed by atoms with E-state index in [4.69, 9.17) is 0 Å². The number of hydrogen-bond acceptors (Lipinski definition) is 1. The molecule has 2 N–H and O–H groups in total. The lowest BCUT2D eigenvalue weighted by molar-refractivity contribution is 0.243. The van der Waals surface area contributed by atoms with Crippen LogP contribution >= 0.6 is 0 Å². The number of amides is 2. The second-order valence-electron chi connectivity index (χ2n) is 5.20. The average molecular weight is 234 g/mol. The van der Waals surface area contributed by atoms with Crippen LogP contribution in [0.2, 0.25) is 0 Å². The maximum absolute atomic E-state index is 11.0. The Morgan fingerprint density at radius 1 is 1.18 bits per heavy atom. The molecule has 3 nitrogen and oxygen atoms in total. The van der Waals surface area contributed by atoms with Gasteiger partial charge in [-0.15, -0.1) is 0 Å². The van der Waals surface area contributed by atoms with Gasteiger partial charge in [-0.1, -0.05) is 45.0 Å². The number of hydrogen-bond donors (Lipinski definition) is 2. The fourth-order valence-electron chi connectivity index (χ4n) is 1.58. The molecule has 0 bridgehead atoms. The summed E-state index contributed by atoms with van der Waals surface area (Å²) in [7, 11) is 1.62. The Bertz CT molecular complexity index is 363. The van der Waals surface area contributed by atoms with Gasteiger partial charge in [0.1, 0.15) is 0 Å². The lowest BCUT2D eigenvalue weighted by Gasteiger charge is -2.19. The summed E-state index contributed by atoms with van der Waals surface area (Å²) >= 11 is 0. The van der Waals surface area contributed by atoms with Gasteiger partial charge in [0.15, 0.2) is 0 Å². The number of carbonyl (C=O) groups excluding carboxylic acids is 1. The maximum atomic E-state index is 11.0. The number of carbonyl (C=O) groups is 1. The molecule has 0 spiro atoms. The molecule has 2 amide bonds. The largest absolute Gasteiger partial charge is 0.341 e. The summed E-state index contributed by atoms with van der Waals surface area (Å²) < 4.78 is 0. The fraction of sp³-hybridized carbons (Fsp3) is 0.500. The van der Waals surface area contributed by atoms with Gasteiger partial charge < -0.3 is 10.6 Å². The predicted octanol–water partition coefficient (Wildman–Crippen LogP) is 2.46. The van der Waals surface area contributed by atoms with Gasteiger partial charge in [0.05, 0.1) is 0 Å². The summed E-state index contributed by atoms with van der Waals surface area (Å²) in [5.41, 5.74) is 2.77. The molecule has 0 saturated heterocycles. The van der Waals surface area contributed by atoms with Gasteiger partial charge in [-0.2, -0.15) is 0 Å². The minimum Gasteiger partial charge on any atom is -0.341 e. The first-order valence-corrected chi connectivity index (χ1v) is 5.98. The van der Waals surface area contributed by atoms with Crippen molar-refractivity contribution in [1.82, 2.24) is 10.6 Å². The number of benzene rings is 1. The minimum absolute atomic E-state index is 0.128. The van der Waals surface area contributed by atoms with E-state index < -0.39 is 0 Å². The van der Waals surface area contributed by atoms with Crippen LogP contribution in [0.25, 0.3) is 0 Å². The Balaban J connectivity index is 2.49. The molecule has 0 atom stereocenters. The van der Waals surface area contributed by atoms with Gasteiger partial charge in [-0.3, -0.25) is 0 Å². The highest BCUT2D eigenvalue weighted by molar-refractivity contribution is 5.73. The van der Waals surface area contributed by atoms with Gasteiger partial charge in [0, 0.05) is 13.6 Å². The SMILES string of the molecule is CNC(=O)NCCc1ccc(C(C)(C)C)cc1. The van der Waals surface area contributed by atoms with Crippen molar-refractivity contribution in [2.75, 3.05) is 13.6 Å². The lowest BCUT2D eigenvalue weighted by Crippen LogP contribution is -2.33. The molecular weight excluding hydrogens is 212 g/mol. The Morgan fingerprint density at radius 3 is 2.24 bits per heavy atom. The summed E-state index contributed by atoms with van der Waals surface area (Å²) in [6.45, 7) is 7.27. The molecule has 0 unspecified atom stereocenters. The van der Waals surface area contributed by atoms with Gasteiger partial charge in [0.2, 0.25) is 0 Å². The lowest BCUT2D eigenvalue weighted by atomic mass is 9.86. The molecular formula is C14H22N2O. The first kappa shape index (κ1) is 13.6. The van der Waals surface area contributed by atoms with Gasteiger partial charge >= 0.3 is 6.03 Å². The average Bonchev–Trinajstić information content (AvgIpc) is 2.28. The third-order valence-electron chi connectivity index (χ3n) is 2.75. The highest BCUT2D eigenvalue weighted by Crippen LogP contribution is 2.22. The van der Waals surface area contributed by atoms with Crippen molar-refractivity contribution in [3.8, 4) is 0 Å². The number of urea groups is 1. The monoisotopic (exact) mass is 234 g/mol. The van der Waals surface area contributed by atoms with Crippen molar-refractivity contribution in [3.05, 3.63) is 35.4 Å². The molecule has 1 aromatic rings. The van der Waals surface area contributed by atoms with E-state index in [0.717, 1.165) is 6.42 Å². The number of rotatable bonds is 3. The molecule has 0 aliphatic carbocycles. The molecule has 0 heterocycles. The Labute approximate surface area is 104 Å². The van der Waals surface area contributed by atoms with Crippen LogP contribution in [0.5, 0.6) is 0 Å². The zero-order chi connectivity index (χ0) is 12.9. The van der Waals surface area contributed by atoms with E-state index in [1.165, 1.54) is 11.1 Å². The van der Waals surface area contributed by atoms with Crippen LogP contribution in [0.1, 0.15) is 31.9 Å². The minimum atomic E-state index is -0.128.